The Hall–Kier alpha value is -0.420. The molecule has 2 aliphatic heterocycles. The van der Waals surface area contributed by atoms with E-state index in [4.69, 9.17) is 18.9 Å². The van der Waals surface area contributed by atoms with Crippen molar-refractivity contribution < 1.29 is 18.9 Å². The van der Waals surface area contributed by atoms with Gasteiger partial charge in [-0.15, -0.1) is 0 Å². The third-order valence-electron chi connectivity index (χ3n) is 9.72. The summed E-state index contributed by atoms with van der Waals surface area (Å²) in [4.78, 5) is 0. The van der Waals surface area contributed by atoms with Gasteiger partial charge in [-0.25, -0.2) is 0 Å². The van der Waals surface area contributed by atoms with Gasteiger partial charge in [-0.1, -0.05) is 25.5 Å². The molecule has 2 heterocycles. The van der Waals surface area contributed by atoms with Gasteiger partial charge in [0.15, 0.2) is 11.6 Å². The molecule has 6 rings (SSSR count). The molecule has 0 aromatic carbocycles. The van der Waals surface area contributed by atoms with Crippen molar-refractivity contribution in [1.82, 2.24) is 0 Å². The highest BCUT2D eigenvalue weighted by atomic mass is 16.7. The van der Waals surface area contributed by atoms with Crippen LogP contribution in [0.2, 0.25) is 0 Å². The molecule has 6 aliphatic rings. The lowest BCUT2D eigenvalue weighted by atomic mass is 9.47. The molecular weight excluding hydrogens is 340 g/mol. The molecule has 0 aromatic rings. The van der Waals surface area contributed by atoms with Crippen LogP contribution in [-0.2, 0) is 18.9 Å². The van der Waals surface area contributed by atoms with Crippen molar-refractivity contribution in [1.29, 1.82) is 0 Å². The molecule has 0 aromatic heterocycles. The molecule has 4 nitrogen and oxygen atoms in total. The van der Waals surface area contributed by atoms with Crippen molar-refractivity contribution in [2.24, 2.45) is 28.6 Å². The predicted octanol–water partition coefficient (Wildman–Crippen LogP) is 4.44. The molecule has 0 unspecified atom stereocenters. The minimum absolute atomic E-state index is 0.194. The van der Waals surface area contributed by atoms with E-state index >= 15 is 0 Å². The fraction of sp³-hybridized carbons (Fsp3) is 0.913. The summed E-state index contributed by atoms with van der Waals surface area (Å²) in [6, 6.07) is 0. The van der Waals surface area contributed by atoms with Gasteiger partial charge in [-0.2, -0.15) is 0 Å². The van der Waals surface area contributed by atoms with Crippen LogP contribution >= 0.6 is 0 Å². The first-order valence-corrected chi connectivity index (χ1v) is 11.3. The molecule has 5 atom stereocenters. The highest BCUT2D eigenvalue weighted by Crippen LogP contribution is 2.69. The highest BCUT2D eigenvalue weighted by molar-refractivity contribution is 5.27. The molecule has 0 amide bonds. The van der Waals surface area contributed by atoms with Gasteiger partial charge in [0.05, 0.1) is 26.4 Å². The highest BCUT2D eigenvalue weighted by Gasteiger charge is 2.67. The first-order valence-electron chi connectivity index (χ1n) is 11.3. The molecule has 4 heteroatoms. The van der Waals surface area contributed by atoms with Crippen LogP contribution in [0.3, 0.4) is 0 Å². The van der Waals surface area contributed by atoms with Crippen molar-refractivity contribution in [2.75, 3.05) is 26.4 Å². The summed E-state index contributed by atoms with van der Waals surface area (Å²) in [6.07, 6.45) is 12.0. The van der Waals surface area contributed by atoms with Crippen LogP contribution in [0.5, 0.6) is 0 Å². The topological polar surface area (TPSA) is 36.9 Å². The van der Waals surface area contributed by atoms with Crippen LogP contribution in [0.4, 0.5) is 0 Å². The average molecular weight is 375 g/mol. The fourth-order valence-electron chi connectivity index (χ4n) is 8.23. The Balaban J connectivity index is 1.32. The van der Waals surface area contributed by atoms with Crippen LogP contribution < -0.4 is 0 Å². The summed E-state index contributed by atoms with van der Waals surface area (Å²) in [5.41, 5.74) is 2.15. The Labute approximate surface area is 162 Å². The molecule has 27 heavy (non-hydrogen) atoms. The molecule has 2 spiro atoms. The van der Waals surface area contributed by atoms with E-state index in [9.17, 15) is 0 Å². The van der Waals surface area contributed by atoms with Crippen LogP contribution in [0.25, 0.3) is 0 Å². The van der Waals surface area contributed by atoms with Crippen LogP contribution in [-0.4, -0.2) is 38.0 Å². The van der Waals surface area contributed by atoms with Crippen LogP contribution in [0, 0.1) is 28.6 Å². The average Bonchev–Trinajstić information content (AvgIpc) is 3.38. The second-order valence-electron chi connectivity index (χ2n) is 10.5. The zero-order chi connectivity index (χ0) is 18.3. The molecule has 2 saturated heterocycles. The summed E-state index contributed by atoms with van der Waals surface area (Å²) < 4.78 is 24.7. The maximum absolute atomic E-state index is 6.28. The minimum Gasteiger partial charge on any atom is -0.347 e. The van der Waals surface area contributed by atoms with Gasteiger partial charge >= 0.3 is 0 Å². The summed E-state index contributed by atoms with van der Waals surface area (Å²) in [5.74, 6) is 1.73. The van der Waals surface area contributed by atoms with Crippen molar-refractivity contribution in [3.8, 4) is 0 Å². The van der Waals surface area contributed by atoms with Gasteiger partial charge in [-0.05, 0) is 55.3 Å². The number of allylic oxidation sites excluding steroid dienone is 1. The summed E-state index contributed by atoms with van der Waals surface area (Å²) in [5, 5.41) is 0. The standard InChI is InChI=1S/C23H34O4/c1-20-9-10-22(24-11-12-25-22)15-16(20)3-4-17-18(20)5-7-21(2)19(17)6-8-23(21)26-13-14-27-23/h3,17-19H,4-15H2,1-2H3/t17-,18-,19+,20+,21+/m0/s1. The Morgan fingerprint density at radius 1 is 0.815 bits per heavy atom. The first kappa shape index (κ1) is 17.4. The summed E-state index contributed by atoms with van der Waals surface area (Å²) >= 11 is 0. The number of ether oxygens (including phenoxy) is 4. The molecule has 4 aliphatic carbocycles. The van der Waals surface area contributed by atoms with E-state index in [1.165, 1.54) is 32.1 Å². The fourth-order valence-corrected chi connectivity index (χ4v) is 8.23. The lowest BCUT2D eigenvalue weighted by molar-refractivity contribution is -0.243. The minimum atomic E-state index is -0.301. The van der Waals surface area contributed by atoms with Gasteiger partial charge in [0.2, 0.25) is 0 Å². The lowest BCUT2D eigenvalue weighted by Crippen LogP contribution is -2.55. The second kappa shape index (κ2) is 5.59. The Morgan fingerprint density at radius 3 is 2.30 bits per heavy atom. The first-order chi connectivity index (χ1) is 13.0. The SMILES string of the molecule is C[C@@]12CCC3(CC1=CC[C@@H]1[C@H]4CCC5(OCCO5)[C@]4(C)CC[C@@H]12)OCCO3. The summed E-state index contributed by atoms with van der Waals surface area (Å²) in [6.45, 7) is 8.11. The van der Waals surface area contributed by atoms with E-state index in [-0.39, 0.29) is 17.0 Å². The molecular formula is C23H34O4. The summed E-state index contributed by atoms with van der Waals surface area (Å²) in [7, 11) is 0. The molecule has 0 bridgehead atoms. The Morgan fingerprint density at radius 2 is 1.52 bits per heavy atom. The van der Waals surface area contributed by atoms with Gasteiger partial charge in [0, 0.05) is 24.7 Å². The molecule has 3 saturated carbocycles. The third-order valence-corrected chi connectivity index (χ3v) is 9.72. The van der Waals surface area contributed by atoms with E-state index in [0.717, 1.165) is 63.4 Å². The molecule has 5 fully saturated rings. The Kier molecular flexibility index (Phi) is 3.61. The van der Waals surface area contributed by atoms with Crippen molar-refractivity contribution >= 4 is 0 Å². The predicted molar refractivity (Wildman–Crippen MR) is 101 cm³/mol. The van der Waals surface area contributed by atoms with Crippen molar-refractivity contribution in [2.45, 2.75) is 76.8 Å². The van der Waals surface area contributed by atoms with Gasteiger partial charge in [-0.3, -0.25) is 0 Å². The van der Waals surface area contributed by atoms with E-state index in [2.05, 4.69) is 19.9 Å². The smallest absolute Gasteiger partial charge is 0.174 e. The van der Waals surface area contributed by atoms with Crippen molar-refractivity contribution in [3.63, 3.8) is 0 Å². The van der Waals surface area contributed by atoms with Crippen LogP contribution in [0.1, 0.15) is 65.2 Å². The van der Waals surface area contributed by atoms with E-state index in [1.807, 2.05) is 0 Å². The third kappa shape index (κ3) is 2.14. The monoisotopic (exact) mass is 374 g/mol. The van der Waals surface area contributed by atoms with Crippen molar-refractivity contribution in [3.05, 3.63) is 11.6 Å². The largest absolute Gasteiger partial charge is 0.347 e. The molecule has 0 radical (unpaired) electrons. The number of hydrogen-bond acceptors (Lipinski definition) is 4. The van der Waals surface area contributed by atoms with Gasteiger partial charge in [0.25, 0.3) is 0 Å². The second-order valence-corrected chi connectivity index (χ2v) is 10.5. The normalized spacial score (nSPS) is 49.7. The van der Waals surface area contributed by atoms with Gasteiger partial charge in [0.1, 0.15) is 0 Å². The maximum Gasteiger partial charge on any atom is 0.174 e. The zero-order valence-corrected chi connectivity index (χ0v) is 16.9. The quantitative estimate of drug-likeness (QED) is 0.588. The number of hydrogen-bond donors (Lipinski definition) is 0. The number of fused-ring (bicyclic) bond motifs is 6. The van der Waals surface area contributed by atoms with E-state index in [0.29, 0.717) is 5.41 Å². The van der Waals surface area contributed by atoms with E-state index < -0.39 is 0 Å². The van der Waals surface area contributed by atoms with E-state index in [1.54, 1.807) is 5.57 Å². The van der Waals surface area contributed by atoms with Crippen LogP contribution in [0.15, 0.2) is 11.6 Å². The van der Waals surface area contributed by atoms with Gasteiger partial charge < -0.3 is 18.9 Å². The number of rotatable bonds is 0. The molecule has 0 N–H and O–H groups in total. The molecule has 150 valence electrons. The lowest BCUT2D eigenvalue weighted by Gasteiger charge is -2.59. The Bertz CT molecular complexity index is 659. The zero-order valence-electron chi connectivity index (χ0n) is 16.9. The maximum atomic E-state index is 6.28.